The van der Waals surface area contributed by atoms with Gasteiger partial charge in [0, 0.05) is 0 Å². The third-order valence-corrected chi connectivity index (χ3v) is 18.0. The summed E-state index contributed by atoms with van der Waals surface area (Å²) in [5.41, 5.74) is 33.8. The van der Waals surface area contributed by atoms with Crippen LogP contribution in [0, 0.1) is 0 Å². The van der Waals surface area contributed by atoms with E-state index in [-0.39, 0.29) is 43.3 Å². The normalized spacial score (nSPS) is 14.0. The zero-order chi connectivity index (χ0) is 60.0. The number of rotatable bonds is 4. The van der Waals surface area contributed by atoms with Gasteiger partial charge in [-0.15, -0.1) is 0 Å². The van der Waals surface area contributed by atoms with E-state index in [0.717, 1.165) is 0 Å². The average Bonchev–Trinajstić information content (AvgIpc) is 3.40. The van der Waals surface area contributed by atoms with Crippen LogP contribution in [0.5, 0.6) is 0 Å². The molecule has 0 radical (unpaired) electrons. The Morgan fingerprint density at radius 2 is 0.305 bits per heavy atom. The summed E-state index contributed by atoms with van der Waals surface area (Å²) in [4.78, 5) is 0. The van der Waals surface area contributed by atoms with E-state index >= 15 is 0 Å². The van der Waals surface area contributed by atoms with Crippen LogP contribution in [-0.2, 0) is 43.3 Å². The fourth-order valence-corrected chi connectivity index (χ4v) is 12.5. The molecular formula is C82H96. The van der Waals surface area contributed by atoms with E-state index in [1.165, 1.54) is 145 Å². The number of hydrogen-bond donors (Lipinski definition) is 0. The standard InChI is InChI=1S/C82H96/c1-75(2,3)53-37-49(38-54(45-53)76(4,5)6)61-29-25-33-65-69(61)70-62(50-39-55(77(7,8)9)46-56(40-50)78(10,11)12)30-26-34-66(70)73(65)74-67-35-27-31-63(51-41-57(79(13,14)15)47-58(42-51)80(16,17)18)71(67)72-64(32-28-36-68(72)74)52-43-59(81(19,20)21)48-60(44-52)82(22,23)24/h25-48H,1-24H3. The molecule has 0 spiro atoms. The molecule has 0 bridgehead atoms. The van der Waals surface area contributed by atoms with E-state index in [1.54, 1.807) is 0 Å². The van der Waals surface area contributed by atoms with Gasteiger partial charge >= 0.3 is 0 Å². The van der Waals surface area contributed by atoms with Crippen LogP contribution in [0.1, 0.15) is 233 Å². The minimum Gasteiger partial charge on any atom is -0.0610 e. The number of benzene rings is 8. The quantitative estimate of drug-likeness (QED) is 0.165. The van der Waals surface area contributed by atoms with Crippen LogP contribution in [0.4, 0.5) is 0 Å². The van der Waals surface area contributed by atoms with Crippen molar-refractivity contribution >= 4 is 11.1 Å². The second-order valence-corrected chi connectivity index (χ2v) is 32.9. The van der Waals surface area contributed by atoms with Crippen molar-refractivity contribution in [1.82, 2.24) is 0 Å². The first-order valence-corrected chi connectivity index (χ1v) is 30.7. The zero-order valence-electron chi connectivity index (χ0n) is 54.9. The van der Waals surface area contributed by atoms with Gasteiger partial charge in [-0.05, 0) is 188 Å². The molecule has 0 nitrogen and oxygen atoms in total. The summed E-state index contributed by atoms with van der Waals surface area (Å²) in [5, 5.41) is 0. The second-order valence-electron chi connectivity index (χ2n) is 32.9. The predicted octanol–water partition coefficient (Wildman–Crippen LogP) is 23.7. The third-order valence-electron chi connectivity index (χ3n) is 18.0. The molecule has 0 saturated heterocycles. The fourth-order valence-electron chi connectivity index (χ4n) is 12.5. The van der Waals surface area contributed by atoms with Crippen LogP contribution in [-0.4, -0.2) is 0 Å². The maximum absolute atomic E-state index is 2.50. The lowest BCUT2D eigenvalue weighted by Crippen LogP contribution is -2.16. The van der Waals surface area contributed by atoms with E-state index in [4.69, 9.17) is 0 Å². The Kier molecular flexibility index (Phi) is 14.0. The van der Waals surface area contributed by atoms with E-state index in [9.17, 15) is 0 Å². The number of hydrogen-bond acceptors (Lipinski definition) is 0. The summed E-state index contributed by atoms with van der Waals surface area (Å²) in [6.07, 6.45) is 0. The minimum atomic E-state index is -0.0479. The molecule has 82 heavy (non-hydrogen) atoms. The summed E-state index contributed by atoms with van der Waals surface area (Å²) in [7, 11) is 0. The van der Waals surface area contributed by atoms with E-state index in [2.05, 4.69) is 312 Å². The van der Waals surface area contributed by atoms with Gasteiger partial charge in [-0.1, -0.05) is 312 Å². The average molecular weight is 1080 g/mol. The molecule has 0 aromatic heterocycles. The summed E-state index contributed by atoms with van der Waals surface area (Å²) < 4.78 is 0. The minimum absolute atomic E-state index is 0.0479. The van der Waals surface area contributed by atoms with E-state index in [1.807, 2.05) is 0 Å². The SMILES string of the molecule is CC(C)(C)c1cc(-c2cccc3c2-c2c(cccc2-c2cc(C(C)(C)C)cc(C(C)(C)C)c2)C3=C2c3cccc(-c4cc(C(C)(C)C)cc(C(C)(C)C)c4)c3-c3c2cccc3-c2cc(C(C)(C)C)cc(C(C)(C)C)c2)cc(C(C)(C)C)c1. The molecule has 0 unspecified atom stereocenters. The summed E-state index contributed by atoms with van der Waals surface area (Å²) in [6.45, 7) is 56.7. The lowest BCUT2D eigenvalue weighted by molar-refractivity contribution is 0.568. The van der Waals surface area contributed by atoms with Gasteiger partial charge in [0.2, 0.25) is 0 Å². The first kappa shape index (κ1) is 58.7. The van der Waals surface area contributed by atoms with E-state index in [0.29, 0.717) is 0 Å². The lowest BCUT2D eigenvalue weighted by Gasteiger charge is -2.27. The van der Waals surface area contributed by atoms with Crippen molar-refractivity contribution in [2.24, 2.45) is 0 Å². The Morgan fingerprint density at radius 3 is 0.439 bits per heavy atom. The molecule has 2 aliphatic carbocycles. The van der Waals surface area contributed by atoms with Crippen LogP contribution >= 0.6 is 0 Å². The molecule has 8 aromatic carbocycles. The number of fused-ring (bicyclic) bond motifs is 6. The van der Waals surface area contributed by atoms with Crippen LogP contribution in [0.2, 0.25) is 0 Å². The topological polar surface area (TPSA) is 0 Å². The fraction of sp³-hybridized carbons (Fsp3) is 0.390. The first-order valence-electron chi connectivity index (χ1n) is 30.7. The van der Waals surface area contributed by atoms with Crippen molar-refractivity contribution in [1.29, 1.82) is 0 Å². The molecular weight excluding hydrogens is 985 g/mol. The van der Waals surface area contributed by atoms with Crippen molar-refractivity contribution in [2.45, 2.75) is 209 Å². The largest absolute Gasteiger partial charge is 0.0610 e. The molecule has 424 valence electrons. The van der Waals surface area contributed by atoms with Gasteiger partial charge in [-0.3, -0.25) is 0 Å². The molecule has 0 fully saturated rings. The Morgan fingerprint density at radius 1 is 0.171 bits per heavy atom. The molecule has 0 saturated carbocycles. The molecule has 10 rings (SSSR count). The maximum atomic E-state index is 2.50. The van der Waals surface area contributed by atoms with Gasteiger partial charge in [0.05, 0.1) is 0 Å². The smallest absolute Gasteiger partial charge is 0.00134 e. The highest BCUT2D eigenvalue weighted by Crippen LogP contribution is 2.61. The summed E-state index contributed by atoms with van der Waals surface area (Å²) in [5.74, 6) is 0. The van der Waals surface area contributed by atoms with Crippen molar-refractivity contribution < 1.29 is 0 Å². The molecule has 2 aliphatic rings. The Labute approximate surface area is 497 Å². The molecule has 0 heterocycles. The Bertz CT molecular complexity index is 3250. The first-order chi connectivity index (χ1) is 37.7. The lowest BCUT2D eigenvalue weighted by atomic mass is 9.77. The van der Waals surface area contributed by atoms with Gasteiger partial charge in [-0.25, -0.2) is 0 Å². The van der Waals surface area contributed by atoms with Crippen molar-refractivity contribution in [3.05, 3.63) is 212 Å². The molecule has 0 atom stereocenters. The Hall–Kier alpha value is -6.50. The monoisotopic (exact) mass is 1080 g/mol. The molecule has 0 aliphatic heterocycles. The Balaban J connectivity index is 1.41. The van der Waals surface area contributed by atoms with Gasteiger partial charge < -0.3 is 0 Å². The summed E-state index contributed by atoms with van der Waals surface area (Å²) in [6, 6.07) is 58.8. The van der Waals surface area contributed by atoms with Crippen molar-refractivity contribution in [2.75, 3.05) is 0 Å². The van der Waals surface area contributed by atoms with Gasteiger partial charge in [0.1, 0.15) is 0 Å². The molecule has 0 N–H and O–H groups in total. The van der Waals surface area contributed by atoms with Gasteiger partial charge in [-0.2, -0.15) is 0 Å². The summed E-state index contributed by atoms with van der Waals surface area (Å²) >= 11 is 0. The highest BCUT2D eigenvalue weighted by Gasteiger charge is 2.39. The zero-order valence-corrected chi connectivity index (χ0v) is 54.9. The highest BCUT2D eigenvalue weighted by molar-refractivity contribution is 6.24. The van der Waals surface area contributed by atoms with Crippen LogP contribution in [0.25, 0.3) is 77.9 Å². The second kappa shape index (κ2) is 19.5. The molecule has 0 heteroatoms. The van der Waals surface area contributed by atoms with Gasteiger partial charge in [0.15, 0.2) is 0 Å². The molecule has 0 amide bonds. The van der Waals surface area contributed by atoms with Crippen LogP contribution < -0.4 is 0 Å². The van der Waals surface area contributed by atoms with E-state index < -0.39 is 0 Å². The predicted molar refractivity (Wildman–Crippen MR) is 360 cm³/mol. The van der Waals surface area contributed by atoms with Gasteiger partial charge in [0.25, 0.3) is 0 Å². The van der Waals surface area contributed by atoms with Crippen molar-refractivity contribution in [3.8, 4) is 66.8 Å². The third kappa shape index (κ3) is 10.8. The highest BCUT2D eigenvalue weighted by atomic mass is 14.4. The van der Waals surface area contributed by atoms with Crippen LogP contribution in [0.15, 0.2) is 146 Å². The van der Waals surface area contributed by atoms with Crippen molar-refractivity contribution in [3.63, 3.8) is 0 Å². The molecule has 8 aromatic rings. The van der Waals surface area contributed by atoms with Crippen LogP contribution in [0.3, 0.4) is 0 Å². The maximum Gasteiger partial charge on any atom is -0.00134 e.